The second kappa shape index (κ2) is 16.8. The molecule has 0 N–H and O–H groups in total. The molecule has 4 aromatic rings. The molecule has 0 saturated heterocycles. The topological polar surface area (TPSA) is 80.8 Å². The van der Waals surface area contributed by atoms with Crippen LogP contribution < -0.4 is 9.47 Å². The van der Waals surface area contributed by atoms with Crippen LogP contribution in [0.25, 0.3) is 4.85 Å². The van der Waals surface area contributed by atoms with Crippen LogP contribution in [0, 0.1) is 30.0 Å². The molecule has 0 unspecified atom stereocenters. The molecular weight excluding hydrogens is 523 g/mol. The van der Waals surface area contributed by atoms with Gasteiger partial charge in [-0.25, -0.2) is 4.85 Å². The molecular formula is C31H22CoN2O4-2. The maximum atomic E-state index is 12.5. The Bertz CT molecular complexity index is 1380. The van der Waals surface area contributed by atoms with E-state index in [2.05, 4.69) is 39.2 Å². The number of rotatable bonds is 8. The van der Waals surface area contributed by atoms with E-state index in [1.54, 1.807) is 84.9 Å². The zero-order valence-electron chi connectivity index (χ0n) is 20.2. The Hall–Kier alpha value is -4.82. The molecule has 0 fully saturated rings. The summed E-state index contributed by atoms with van der Waals surface area (Å²) in [4.78, 5) is 15.8. The first-order chi connectivity index (χ1) is 18.6. The van der Waals surface area contributed by atoms with E-state index in [9.17, 15) is 4.79 Å². The van der Waals surface area contributed by atoms with E-state index in [0.29, 0.717) is 46.9 Å². The minimum absolute atomic E-state index is 0.101. The summed E-state index contributed by atoms with van der Waals surface area (Å²) < 4.78 is 19.2. The Morgan fingerprint density at radius 2 is 1.39 bits per heavy atom. The summed E-state index contributed by atoms with van der Waals surface area (Å²) in [6.45, 7) is 11.3. The van der Waals surface area contributed by atoms with Crippen molar-refractivity contribution in [3.63, 3.8) is 0 Å². The first-order valence-electron chi connectivity index (χ1n) is 11.2. The molecule has 38 heavy (non-hydrogen) atoms. The van der Waals surface area contributed by atoms with E-state index < -0.39 is 0 Å². The molecule has 7 heteroatoms. The van der Waals surface area contributed by atoms with Crippen molar-refractivity contribution in [3.8, 4) is 17.6 Å². The fourth-order valence-electron chi connectivity index (χ4n) is 2.96. The van der Waals surface area contributed by atoms with E-state index in [1.807, 2.05) is 18.2 Å². The summed E-state index contributed by atoms with van der Waals surface area (Å²) in [5, 5.41) is 8.27. The maximum absolute atomic E-state index is 12.5. The van der Waals surface area contributed by atoms with Gasteiger partial charge in [-0.15, -0.1) is 12.1 Å². The number of hydrogen-bond donors (Lipinski definition) is 0. The summed E-state index contributed by atoms with van der Waals surface area (Å²) >= 11 is 2.31. The van der Waals surface area contributed by atoms with Gasteiger partial charge in [-0.05, 0) is 24.3 Å². The monoisotopic (exact) mass is 545 g/mol. The van der Waals surface area contributed by atoms with Crippen molar-refractivity contribution in [2.75, 3.05) is 6.61 Å². The number of nitrogens with zero attached hydrogens (tertiary/aromatic N) is 2. The third-order valence-corrected chi connectivity index (χ3v) is 4.82. The van der Waals surface area contributed by atoms with Crippen LogP contribution in [-0.2, 0) is 19.5 Å². The van der Waals surface area contributed by atoms with E-state index in [-0.39, 0.29) is 5.78 Å². The molecule has 0 aromatic heterocycles. The summed E-state index contributed by atoms with van der Waals surface area (Å²) in [5.74, 6) is 1.87. The molecule has 0 aliphatic heterocycles. The Labute approximate surface area is 230 Å². The second-order valence-corrected chi connectivity index (χ2v) is 7.39. The van der Waals surface area contributed by atoms with Gasteiger partial charge < -0.3 is 9.47 Å². The number of nitriles is 1. The summed E-state index contributed by atoms with van der Waals surface area (Å²) in [6, 6.07) is 35.4. The first kappa shape index (κ1) is 29.4. The number of carbonyl (C=O) groups is 1. The molecule has 0 bridgehead atoms. The van der Waals surface area contributed by atoms with Gasteiger partial charge in [0.15, 0.2) is 11.5 Å². The molecule has 0 spiro atoms. The van der Waals surface area contributed by atoms with Gasteiger partial charge in [0.2, 0.25) is 0 Å². The zero-order chi connectivity index (χ0) is 27.6. The van der Waals surface area contributed by atoms with Crippen molar-refractivity contribution >= 4 is 11.5 Å². The van der Waals surface area contributed by atoms with E-state index in [0.717, 1.165) is 5.75 Å². The van der Waals surface area contributed by atoms with E-state index in [4.69, 9.17) is 25.2 Å². The van der Waals surface area contributed by atoms with Crippen molar-refractivity contribution in [3.05, 3.63) is 150 Å². The van der Waals surface area contributed by atoms with Crippen LogP contribution in [0.5, 0.6) is 11.5 Å². The number of carbonyl (C=O) groups excluding carboxylic acids is 1. The molecule has 4 rings (SSSR count). The van der Waals surface area contributed by atoms with E-state index >= 15 is 0 Å². The average molecular weight is 545 g/mol. The van der Waals surface area contributed by atoms with Crippen molar-refractivity contribution in [1.29, 1.82) is 5.26 Å². The standard InChI is InChI=1S/C24H18NO3.C7H4N.Co.O/c1-18(16-17-27-22-6-4-3-5-7-22)28-23-14-10-20(11-15-23)24(26)19-8-12-21(25-2)13-9-19;8-6-7-4-2-1-3-5-7;;/h4-15H,1,16-17H2;2-5H;;/q2*-1;;. The number of ketones is 1. The predicted molar refractivity (Wildman–Crippen MR) is 138 cm³/mol. The SMILES string of the molecule is N#Cc1cc[c-]cc1.[C-]#[N+]c1ccc(C(=O)c2ccc(OC(=C)CCOc3cc[c-]cc3)cc2)cc1.[O]=[Co]. The molecule has 0 saturated carbocycles. The molecule has 0 amide bonds. The molecule has 0 radical (unpaired) electrons. The molecule has 0 heterocycles. The van der Waals surface area contributed by atoms with Crippen molar-refractivity contribution in [2.24, 2.45) is 0 Å². The van der Waals surface area contributed by atoms with Crippen LogP contribution in [-0.4, -0.2) is 12.4 Å². The van der Waals surface area contributed by atoms with Gasteiger partial charge in [-0.3, -0.25) is 4.79 Å². The fourth-order valence-corrected chi connectivity index (χ4v) is 2.96. The quantitative estimate of drug-likeness (QED) is 0.137. The number of ether oxygens (including phenoxy) is 2. The third-order valence-electron chi connectivity index (χ3n) is 4.82. The molecule has 0 aliphatic carbocycles. The van der Waals surface area contributed by atoms with Crippen molar-refractivity contribution in [1.82, 2.24) is 0 Å². The first-order valence-corrected chi connectivity index (χ1v) is 11.6. The Morgan fingerprint density at radius 1 is 0.868 bits per heavy atom. The van der Waals surface area contributed by atoms with Gasteiger partial charge >= 0.3 is 19.5 Å². The Kier molecular flexibility index (Phi) is 13.0. The molecule has 0 atom stereocenters. The molecule has 0 aliphatic rings. The van der Waals surface area contributed by atoms with Gasteiger partial charge in [-0.1, -0.05) is 36.4 Å². The molecule has 4 aromatic carbocycles. The van der Waals surface area contributed by atoms with Gasteiger partial charge in [0.25, 0.3) is 0 Å². The number of hydrogen-bond acceptors (Lipinski definition) is 5. The Balaban J connectivity index is 0.000000428. The van der Waals surface area contributed by atoms with Gasteiger partial charge in [0.05, 0.1) is 19.2 Å². The van der Waals surface area contributed by atoms with Gasteiger partial charge in [0.1, 0.15) is 11.5 Å². The number of benzene rings is 4. The zero-order valence-corrected chi connectivity index (χ0v) is 21.3. The van der Waals surface area contributed by atoms with Gasteiger partial charge in [-0.2, -0.15) is 53.8 Å². The minimum atomic E-state index is -0.101. The van der Waals surface area contributed by atoms with Crippen LogP contribution >= 0.6 is 0 Å². The average Bonchev–Trinajstić information content (AvgIpc) is 2.99. The van der Waals surface area contributed by atoms with Crippen LogP contribution in [0.1, 0.15) is 27.9 Å². The molecule has 6 nitrogen and oxygen atoms in total. The van der Waals surface area contributed by atoms with Gasteiger partial charge in [0, 0.05) is 23.3 Å². The fraction of sp³-hybridized carbons (Fsp3) is 0.0645. The van der Waals surface area contributed by atoms with Crippen molar-refractivity contribution in [2.45, 2.75) is 6.42 Å². The summed E-state index contributed by atoms with van der Waals surface area (Å²) in [6.07, 6.45) is 0.548. The van der Waals surface area contributed by atoms with Crippen LogP contribution in [0.2, 0.25) is 0 Å². The summed E-state index contributed by atoms with van der Waals surface area (Å²) in [7, 11) is 0. The van der Waals surface area contributed by atoms with Crippen LogP contribution in [0.3, 0.4) is 0 Å². The van der Waals surface area contributed by atoms with Crippen LogP contribution in [0.15, 0.2) is 109 Å². The van der Waals surface area contributed by atoms with Crippen molar-refractivity contribution < 1.29 is 33.8 Å². The molecule has 191 valence electrons. The Morgan fingerprint density at radius 3 is 1.89 bits per heavy atom. The normalized spacial score (nSPS) is 9.13. The third kappa shape index (κ3) is 10.0. The summed E-state index contributed by atoms with van der Waals surface area (Å²) in [5.41, 5.74) is 2.29. The second-order valence-electron chi connectivity index (χ2n) is 7.39. The van der Waals surface area contributed by atoms with E-state index in [1.165, 1.54) is 0 Å². The van der Waals surface area contributed by atoms with Crippen LogP contribution in [0.4, 0.5) is 5.69 Å². The predicted octanol–water partition coefficient (Wildman–Crippen LogP) is 6.87.